The molecule has 2 aliphatic rings. The van der Waals surface area contributed by atoms with Crippen molar-refractivity contribution in [2.24, 2.45) is 0 Å². The summed E-state index contributed by atoms with van der Waals surface area (Å²) in [6.45, 7) is 2.27. The summed E-state index contributed by atoms with van der Waals surface area (Å²) in [5.41, 5.74) is 13.3. The molecule has 51 heavy (non-hydrogen) atoms. The zero-order valence-corrected chi connectivity index (χ0v) is 28.9. The lowest BCUT2D eigenvalue weighted by Gasteiger charge is -2.46. The zero-order chi connectivity index (χ0) is 33.7. The van der Waals surface area contributed by atoms with E-state index >= 15 is 0 Å². The Hall–Kier alpha value is -6.03. The molecule has 1 aromatic heterocycles. The molecule has 3 heterocycles. The van der Waals surface area contributed by atoms with E-state index in [1.54, 1.807) is 0 Å². The summed E-state index contributed by atoms with van der Waals surface area (Å²) in [7, 11) is 0. The summed E-state index contributed by atoms with van der Waals surface area (Å²) in [6, 6.07) is 65.3. The molecular formula is C48H32N2S. The van der Waals surface area contributed by atoms with E-state index in [2.05, 4.69) is 192 Å². The van der Waals surface area contributed by atoms with Gasteiger partial charge in [0.1, 0.15) is 0 Å². The number of rotatable bonds is 3. The van der Waals surface area contributed by atoms with Crippen LogP contribution < -0.4 is 4.90 Å². The van der Waals surface area contributed by atoms with Gasteiger partial charge in [-0.3, -0.25) is 0 Å². The molecule has 2 nitrogen and oxygen atoms in total. The van der Waals surface area contributed by atoms with E-state index < -0.39 is 5.41 Å². The van der Waals surface area contributed by atoms with Crippen molar-refractivity contribution in [3.05, 3.63) is 204 Å². The van der Waals surface area contributed by atoms with Gasteiger partial charge in [0.2, 0.25) is 0 Å². The van der Waals surface area contributed by atoms with Crippen molar-refractivity contribution in [3.8, 4) is 5.69 Å². The molecule has 0 fully saturated rings. The number of aromatic nitrogens is 1. The minimum Gasteiger partial charge on any atom is -0.310 e. The monoisotopic (exact) mass is 668 g/mol. The second-order valence-electron chi connectivity index (χ2n) is 13.8. The van der Waals surface area contributed by atoms with Gasteiger partial charge in [-0.1, -0.05) is 133 Å². The van der Waals surface area contributed by atoms with Gasteiger partial charge in [0.25, 0.3) is 0 Å². The SMILES string of the molecule is Cc1cc2c(cc1N(c1ccccc1)c1ccc3ccccc3c1)C1(c3ccccc3S2)c2ccccc2-n2c3ccccc3c3cccc1c32. The van der Waals surface area contributed by atoms with E-state index in [4.69, 9.17) is 0 Å². The number of hydrogen-bond acceptors (Lipinski definition) is 2. The molecule has 1 atom stereocenters. The number of hydrogen-bond donors (Lipinski definition) is 0. The van der Waals surface area contributed by atoms with Crippen molar-refractivity contribution in [3.63, 3.8) is 0 Å². The molecule has 0 radical (unpaired) electrons. The number of fused-ring (bicyclic) bond motifs is 12. The van der Waals surface area contributed by atoms with Crippen LogP contribution in [-0.2, 0) is 5.41 Å². The molecule has 2 aliphatic heterocycles. The van der Waals surface area contributed by atoms with Crippen LogP contribution in [0.25, 0.3) is 38.3 Å². The van der Waals surface area contributed by atoms with Crippen molar-refractivity contribution in [1.82, 2.24) is 4.57 Å². The molecule has 3 heteroatoms. The lowest BCUT2D eigenvalue weighted by molar-refractivity contribution is 0.689. The maximum Gasteiger partial charge on any atom is 0.0765 e. The molecule has 0 amide bonds. The summed E-state index contributed by atoms with van der Waals surface area (Å²) in [4.78, 5) is 5.06. The molecule has 0 aliphatic carbocycles. The molecule has 240 valence electrons. The minimum absolute atomic E-state index is 0.536. The Morgan fingerprint density at radius 1 is 0.490 bits per heavy atom. The fourth-order valence-corrected chi connectivity index (χ4v) is 10.3. The first-order chi connectivity index (χ1) is 25.2. The molecule has 0 N–H and O–H groups in total. The van der Waals surface area contributed by atoms with Gasteiger partial charge in [-0.15, -0.1) is 0 Å². The molecule has 0 bridgehead atoms. The zero-order valence-electron chi connectivity index (χ0n) is 28.0. The molecule has 0 saturated carbocycles. The highest BCUT2D eigenvalue weighted by Crippen LogP contribution is 2.61. The second-order valence-corrected chi connectivity index (χ2v) is 14.8. The van der Waals surface area contributed by atoms with Crippen LogP contribution in [-0.4, -0.2) is 4.57 Å². The first-order valence-electron chi connectivity index (χ1n) is 17.6. The van der Waals surface area contributed by atoms with Gasteiger partial charge >= 0.3 is 0 Å². The summed E-state index contributed by atoms with van der Waals surface area (Å²) in [5, 5.41) is 5.05. The second kappa shape index (κ2) is 10.7. The number of benzene rings is 8. The largest absolute Gasteiger partial charge is 0.310 e. The standard InChI is InChI=1S/C48H32N2S/c1-31-28-46-41(30-44(31)49(34-16-3-2-4-17-34)35-27-26-32-14-5-6-15-33(32)29-35)48(39-21-9-12-25-45(39)51-46)38-20-8-11-24-43(38)50-42-23-10-7-18-36(42)37-19-13-22-40(48)47(37)50/h2-30H,1H3. The van der Waals surface area contributed by atoms with Gasteiger partial charge in [-0.05, 0) is 100 Å². The predicted octanol–water partition coefficient (Wildman–Crippen LogP) is 12.9. The number of anilines is 3. The average molecular weight is 669 g/mol. The van der Waals surface area contributed by atoms with Gasteiger partial charge in [0, 0.05) is 37.6 Å². The van der Waals surface area contributed by atoms with E-state index in [1.807, 2.05) is 11.8 Å². The summed E-state index contributed by atoms with van der Waals surface area (Å²) < 4.78 is 2.52. The molecule has 0 saturated heterocycles. The number of nitrogens with zero attached hydrogens (tertiary/aromatic N) is 2. The van der Waals surface area contributed by atoms with Crippen LogP contribution in [0.3, 0.4) is 0 Å². The molecular weight excluding hydrogens is 637 g/mol. The highest BCUT2D eigenvalue weighted by atomic mass is 32.2. The van der Waals surface area contributed by atoms with Gasteiger partial charge < -0.3 is 9.47 Å². The molecule has 1 spiro atoms. The van der Waals surface area contributed by atoms with Crippen molar-refractivity contribution in [2.75, 3.05) is 4.90 Å². The third-order valence-electron chi connectivity index (χ3n) is 11.1. The van der Waals surface area contributed by atoms with Gasteiger partial charge in [-0.2, -0.15) is 0 Å². The van der Waals surface area contributed by atoms with E-state index in [1.165, 1.54) is 81.6 Å². The van der Waals surface area contributed by atoms with Crippen LogP contribution in [0.5, 0.6) is 0 Å². The summed E-state index contributed by atoms with van der Waals surface area (Å²) in [5.74, 6) is 0. The van der Waals surface area contributed by atoms with Crippen molar-refractivity contribution in [2.45, 2.75) is 22.1 Å². The Labute approximate surface area is 301 Å². The van der Waals surface area contributed by atoms with E-state index in [0.717, 1.165) is 11.4 Å². The first kappa shape index (κ1) is 28.8. The van der Waals surface area contributed by atoms with Crippen LogP contribution >= 0.6 is 11.8 Å². The third kappa shape index (κ3) is 3.90. The van der Waals surface area contributed by atoms with Gasteiger partial charge in [0.15, 0.2) is 0 Å². The highest BCUT2D eigenvalue weighted by molar-refractivity contribution is 7.99. The Balaban J connectivity index is 1.28. The maximum absolute atomic E-state index is 2.52. The molecule has 1 unspecified atom stereocenters. The summed E-state index contributed by atoms with van der Waals surface area (Å²) >= 11 is 1.90. The van der Waals surface area contributed by atoms with E-state index in [-0.39, 0.29) is 0 Å². The van der Waals surface area contributed by atoms with Crippen molar-refractivity contribution >= 4 is 61.4 Å². The fraction of sp³-hybridized carbons (Fsp3) is 0.0417. The van der Waals surface area contributed by atoms with E-state index in [0.29, 0.717) is 0 Å². The topological polar surface area (TPSA) is 8.17 Å². The Bertz CT molecular complexity index is 2870. The normalized spacial score (nSPS) is 15.5. The molecule has 11 rings (SSSR count). The first-order valence-corrected chi connectivity index (χ1v) is 18.4. The molecule has 8 aromatic carbocycles. The average Bonchev–Trinajstić information content (AvgIpc) is 3.53. The summed E-state index contributed by atoms with van der Waals surface area (Å²) in [6.07, 6.45) is 0. The maximum atomic E-state index is 2.52. The van der Waals surface area contributed by atoms with Crippen LogP contribution in [0.2, 0.25) is 0 Å². The lowest BCUT2D eigenvalue weighted by Crippen LogP contribution is -2.38. The quantitative estimate of drug-likeness (QED) is 0.185. The number of aryl methyl sites for hydroxylation is 1. The van der Waals surface area contributed by atoms with Crippen molar-refractivity contribution < 1.29 is 0 Å². The fourth-order valence-electron chi connectivity index (χ4n) is 9.02. The number of para-hydroxylation sites is 4. The van der Waals surface area contributed by atoms with Gasteiger partial charge in [-0.25, -0.2) is 0 Å². The molecule has 9 aromatic rings. The predicted molar refractivity (Wildman–Crippen MR) is 214 cm³/mol. The Morgan fingerprint density at radius 2 is 1.20 bits per heavy atom. The van der Waals surface area contributed by atoms with Gasteiger partial charge in [0.05, 0.1) is 22.1 Å². The van der Waals surface area contributed by atoms with Crippen LogP contribution in [0.1, 0.15) is 27.8 Å². The highest BCUT2D eigenvalue weighted by Gasteiger charge is 2.49. The Morgan fingerprint density at radius 3 is 2.10 bits per heavy atom. The van der Waals surface area contributed by atoms with Crippen LogP contribution in [0.15, 0.2) is 186 Å². The Kier molecular flexibility index (Phi) is 6.06. The smallest absolute Gasteiger partial charge is 0.0765 e. The third-order valence-corrected chi connectivity index (χ3v) is 12.2. The van der Waals surface area contributed by atoms with Crippen molar-refractivity contribution in [1.29, 1.82) is 0 Å². The lowest BCUT2D eigenvalue weighted by atomic mass is 9.62. The van der Waals surface area contributed by atoms with E-state index in [9.17, 15) is 0 Å². The van der Waals surface area contributed by atoms with Crippen LogP contribution in [0, 0.1) is 6.92 Å². The van der Waals surface area contributed by atoms with Crippen LogP contribution in [0.4, 0.5) is 17.1 Å². The minimum atomic E-state index is -0.536.